The maximum atomic E-state index is 11.6. The van der Waals surface area contributed by atoms with Gasteiger partial charge >= 0.3 is 0 Å². The minimum absolute atomic E-state index is 0.197. The molecule has 12 heavy (non-hydrogen) atoms. The lowest BCUT2D eigenvalue weighted by Gasteiger charge is -2.22. The first kappa shape index (κ1) is 8.05. The van der Waals surface area contributed by atoms with Crippen LogP contribution < -0.4 is 10.6 Å². The van der Waals surface area contributed by atoms with Crippen molar-refractivity contribution in [1.82, 2.24) is 10.6 Å². The van der Waals surface area contributed by atoms with Crippen molar-refractivity contribution in [2.75, 3.05) is 6.54 Å². The first-order chi connectivity index (χ1) is 5.71. The number of hydrogen-bond donors (Lipinski definition) is 2. The average Bonchev–Trinajstić information content (AvgIpc) is 2.73. The zero-order chi connectivity index (χ0) is 8.60. The maximum Gasteiger partial charge on any atom is 0.240 e. The summed E-state index contributed by atoms with van der Waals surface area (Å²) in [6.45, 7) is 2.98. The lowest BCUT2D eigenvalue weighted by molar-refractivity contribution is -0.126. The van der Waals surface area contributed by atoms with Crippen LogP contribution in [0.15, 0.2) is 0 Å². The van der Waals surface area contributed by atoms with Crippen LogP contribution in [0, 0.1) is 0 Å². The zero-order valence-electron chi connectivity index (χ0n) is 7.52. The lowest BCUT2D eigenvalue weighted by atomic mass is 9.99. The van der Waals surface area contributed by atoms with Gasteiger partial charge in [0.15, 0.2) is 0 Å². The fourth-order valence-electron chi connectivity index (χ4n) is 1.66. The molecule has 3 nitrogen and oxygen atoms in total. The molecule has 68 valence electrons. The Hall–Kier alpha value is -0.570. The predicted molar refractivity (Wildman–Crippen MR) is 46.8 cm³/mol. The van der Waals surface area contributed by atoms with E-state index in [0.717, 1.165) is 19.4 Å². The second-order valence-electron chi connectivity index (χ2n) is 4.11. The van der Waals surface area contributed by atoms with Crippen molar-refractivity contribution in [3.8, 4) is 0 Å². The Kier molecular flexibility index (Phi) is 1.83. The molecule has 2 fully saturated rings. The second kappa shape index (κ2) is 2.73. The molecule has 1 unspecified atom stereocenters. The van der Waals surface area contributed by atoms with Gasteiger partial charge in [0.2, 0.25) is 5.91 Å². The second-order valence-corrected chi connectivity index (χ2v) is 4.11. The summed E-state index contributed by atoms with van der Waals surface area (Å²) in [5.41, 5.74) is -0.275. The molecule has 0 aromatic rings. The van der Waals surface area contributed by atoms with Crippen LogP contribution in [0.5, 0.6) is 0 Å². The van der Waals surface area contributed by atoms with E-state index in [2.05, 4.69) is 10.6 Å². The van der Waals surface area contributed by atoms with Gasteiger partial charge in [0.1, 0.15) is 0 Å². The van der Waals surface area contributed by atoms with Gasteiger partial charge in [-0.3, -0.25) is 4.79 Å². The smallest absolute Gasteiger partial charge is 0.240 e. The average molecular weight is 168 g/mol. The van der Waals surface area contributed by atoms with Crippen LogP contribution in [0.4, 0.5) is 0 Å². The summed E-state index contributed by atoms with van der Waals surface area (Å²) in [6.07, 6.45) is 4.43. The van der Waals surface area contributed by atoms with Crippen LogP contribution in [-0.4, -0.2) is 24.0 Å². The van der Waals surface area contributed by atoms with Crippen molar-refractivity contribution in [1.29, 1.82) is 0 Å². The molecular formula is C9H16N2O. The normalized spacial score (nSPS) is 35.1. The summed E-state index contributed by atoms with van der Waals surface area (Å²) in [6, 6.07) is 0.483. The van der Waals surface area contributed by atoms with Crippen molar-refractivity contribution >= 4 is 5.91 Å². The first-order valence-electron chi connectivity index (χ1n) is 4.77. The largest absolute Gasteiger partial charge is 0.352 e. The third kappa shape index (κ3) is 1.46. The van der Waals surface area contributed by atoms with E-state index in [0.29, 0.717) is 6.04 Å². The minimum atomic E-state index is -0.275. The molecule has 1 atom stereocenters. The van der Waals surface area contributed by atoms with E-state index < -0.39 is 0 Å². The van der Waals surface area contributed by atoms with Crippen molar-refractivity contribution < 1.29 is 4.79 Å². The summed E-state index contributed by atoms with van der Waals surface area (Å²) >= 11 is 0. The topological polar surface area (TPSA) is 41.1 Å². The summed E-state index contributed by atoms with van der Waals surface area (Å²) < 4.78 is 0. The van der Waals surface area contributed by atoms with Crippen LogP contribution in [-0.2, 0) is 4.79 Å². The molecule has 0 spiro atoms. The Morgan fingerprint density at radius 2 is 2.33 bits per heavy atom. The Bertz CT molecular complexity index is 193. The molecule has 0 aromatic heterocycles. The third-order valence-electron chi connectivity index (χ3n) is 2.78. The highest BCUT2D eigenvalue weighted by molar-refractivity contribution is 5.86. The van der Waals surface area contributed by atoms with Crippen LogP contribution in [0.2, 0.25) is 0 Å². The summed E-state index contributed by atoms with van der Waals surface area (Å²) in [5, 5.41) is 6.29. The van der Waals surface area contributed by atoms with E-state index in [1.807, 2.05) is 6.92 Å². The summed E-state index contributed by atoms with van der Waals surface area (Å²) in [4.78, 5) is 11.6. The van der Waals surface area contributed by atoms with E-state index in [1.54, 1.807) is 0 Å². The molecule has 0 bridgehead atoms. The number of hydrogen-bond acceptors (Lipinski definition) is 2. The van der Waals surface area contributed by atoms with Crippen molar-refractivity contribution in [2.45, 2.75) is 44.2 Å². The van der Waals surface area contributed by atoms with E-state index in [1.165, 1.54) is 12.8 Å². The molecule has 2 N–H and O–H groups in total. The molecule has 0 radical (unpaired) electrons. The number of rotatable bonds is 2. The quantitative estimate of drug-likeness (QED) is 0.627. The lowest BCUT2D eigenvalue weighted by Crippen LogP contribution is -2.51. The summed E-state index contributed by atoms with van der Waals surface area (Å²) in [5.74, 6) is 0.197. The van der Waals surface area contributed by atoms with Crippen LogP contribution in [0.3, 0.4) is 0 Å². The van der Waals surface area contributed by atoms with Crippen molar-refractivity contribution in [2.24, 2.45) is 0 Å². The van der Waals surface area contributed by atoms with Gasteiger partial charge in [-0.05, 0) is 39.2 Å². The van der Waals surface area contributed by atoms with Crippen LogP contribution in [0.25, 0.3) is 0 Å². The number of amides is 1. The Morgan fingerprint density at radius 3 is 2.83 bits per heavy atom. The standard InChI is InChI=1S/C9H16N2O/c1-9(5-2-6-10-9)8(12)11-7-3-4-7/h7,10H,2-6H2,1H3,(H,11,12). The highest BCUT2D eigenvalue weighted by atomic mass is 16.2. The molecule has 1 amide bonds. The molecule has 1 aliphatic carbocycles. The Balaban J connectivity index is 1.91. The SMILES string of the molecule is CC1(C(=O)NC2CC2)CCCN1. The fourth-order valence-corrected chi connectivity index (χ4v) is 1.66. The number of carbonyl (C=O) groups is 1. The van der Waals surface area contributed by atoms with E-state index >= 15 is 0 Å². The molecule has 1 saturated heterocycles. The molecule has 3 heteroatoms. The Morgan fingerprint density at radius 1 is 1.58 bits per heavy atom. The molecule has 1 aliphatic heterocycles. The van der Waals surface area contributed by atoms with E-state index in [-0.39, 0.29) is 11.4 Å². The van der Waals surface area contributed by atoms with Gasteiger partial charge in [0, 0.05) is 6.04 Å². The monoisotopic (exact) mass is 168 g/mol. The first-order valence-corrected chi connectivity index (χ1v) is 4.77. The third-order valence-corrected chi connectivity index (χ3v) is 2.78. The molecule has 1 saturated carbocycles. The molecular weight excluding hydrogens is 152 g/mol. The van der Waals surface area contributed by atoms with Crippen molar-refractivity contribution in [3.63, 3.8) is 0 Å². The van der Waals surface area contributed by atoms with Crippen LogP contribution >= 0.6 is 0 Å². The highest BCUT2D eigenvalue weighted by Gasteiger charge is 2.38. The molecule has 0 aromatic carbocycles. The van der Waals surface area contributed by atoms with Gasteiger partial charge in [-0.2, -0.15) is 0 Å². The fraction of sp³-hybridized carbons (Fsp3) is 0.889. The highest BCUT2D eigenvalue weighted by Crippen LogP contribution is 2.23. The molecule has 2 rings (SSSR count). The van der Waals surface area contributed by atoms with Gasteiger partial charge in [-0.15, -0.1) is 0 Å². The van der Waals surface area contributed by atoms with Crippen LogP contribution in [0.1, 0.15) is 32.6 Å². The van der Waals surface area contributed by atoms with E-state index in [9.17, 15) is 4.79 Å². The van der Waals surface area contributed by atoms with Gasteiger partial charge < -0.3 is 10.6 Å². The van der Waals surface area contributed by atoms with Gasteiger partial charge in [0.05, 0.1) is 5.54 Å². The number of nitrogens with one attached hydrogen (secondary N) is 2. The molecule has 2 aliphatic rings. The zero-order valence-corrected chi connectivity index (χ0v) is 7.52. The van der Waals surface area contributed by atoms with E-state index in [4.69, 9.17) is 0 Å². The predicted octanol–water partition coefficient (Wildman–Crippen LogP) is 0.407. The summed E-state index contributed by atoms with van der Waals surface area (Å²) in [7, 11) is 0. The minimum Gasteiger partial charge on any atom is -0.352 e. The maximum absolute atomic E-state index is 11.6. The Labute approximate surface area is 72.9 Å². The molecule has 1 heterocycles. The van der Waals surface area contributed by atoms with Gasteiger partial charge in [-0.25, -0.2) is 0 Å². The van der Waals surface area contributed by atoms with Gasteiger partial charge in [-0.1, -0.05) is 0 Å². The van der Waals surface area contributed by atoms with Crippen molar-refractivity contribution in [3.05, 3.63) is 0 Å². The number of carbonyl (C=O) groups excluding carboxylic acids is 1. The van der Waals surface area contributed by atoms with Gasteiger partial charge in [0.25, 0.3) is 0 Å².